The molecule has 0 fully saturated rings. The zero-order valence-corrected chi connectivity index (χ0v) is 13.2. The van der Waals surface area contributed by atoms with Crippen LogP contribution in [0, 0.1) is 0 Å². The second-order valence-corrected chi connectivity index (χ2v) is 6.45. The number of hydrogen-bond acceptors (Lipinski definition) is 4. The van der Waals surface area contributed by atoms with Crippen LogP contribution in [-0.4, -0.2) is 29.6 Å². The van der Waals surface area contributed by atoms with Gasteiger partial charge in [-0.1, -0.05) is 6.07 Å². The van der Waals surface area contributed by atoms with Gasteiger partial charge >= 0.3 is 6.03 Å². The van der Waals surface area contributed by atoms with Crippen molar-refractivity contribution in [1.82, 2.24) is 4.98 Å². The van der Waals surface area contributed by atoms with E-state index in [4.69, 9.17) is 0 Å². The van der Waals surface area contributed by atoms with Crippen LogP contribution in [0.15, 0.2) is 52.5 Å². The van der Waals surface area contributed by atoms with Crippen LogP contribution >= 0.6 is 23.5 Å². The number of urea groups is 1. The lowest BCUT2D eigenvalue weighted by molar-refractivity contribution is 0.257. The Morgan fingerprint density at radius 2 is 2.29 bits per heavy atom. The Kier molecular flexibility index (Phi) is 4.36. The highest BCUT2D eigenvalue weighted by molar-refractivity contribution is 7.99. The summed E-state index contributed by atoms with van der Waals surface area (Å²) >= 11 is 3.34. The van der Waals surface area contributed by atoms with E-state index in [0.29, 0.717) is 6.54 Å². The van der Waals surface area contributed by atoms with Gasteiger partial charge in [0.1, 0.15) is 5.03 Å². The van der Waals surface area contributed by atoms with Gasteiger partial charge in [-0.3, -0.25) is 4.90 Å². The summed E-state index contributed by atoms with van der Waals surface area (Å²) in [4.78, 5) is 19.7. The number of nitrogens with one attached hydrogen (secondary N) is 1. The summed E-state index contributed by atoms with van der Waals surface area (Å²) in [6.07, 6.45) is 3.78. The predicted molar refractivity (Wildman–Crippen MR) is 89.5 cm³/mol. The molecule has 2 heterocycles. The quantitative estimate of drug-likeness (QED) is 0.852. The van der Waals surface area contributed by atoms with Gasteiger partial charge in [-0.2, -0.15) is 0 Å². The molecule has 0 aliphatic carbocycles. The molecule has 0 saturated heterocycles. The minimum Gasteiger partial charge on any atom is -0.307 e. The lowest BCUT2D eigenvalue weighted by atomic mass is 10.3. The number of carbonyl (C=O) groups is 1. The van der Waals surface area contributed by atoms with E-state index in [2.05, 4.69) is 10.3 Å². The maximum atomic E-state index is 12.5. The molecule has 2 amide bonds. The van der Waals surface area contributed by atoms with Gasteiger partial charge in [0.05, 0.1) is 5.69 Å². The molecule has 4 nitrogen and oxygen atoms in total. The first-order chi connectivity index (χ1) is 10.3. The van der Waals surface area contributed by atoms with Gasteiger partial charge in [-0.25, -0.2) is 9.78 Å². The van der Waals surface area contributed by atoms with Crippen LogP contribution in [0.25, 0.3) is 0 Å². The molecular weight excluding hydrogens is 302 g/mol. The van der Waals surface area contributed by atoms with Gasteiger partial charge < -0.3 is 5.32 Å². The number of amides is 2. The third-order valence-electron chi connectivity index (χ3n) is 3.16. The topological polar surface area (TPSA) is 45.2 Å². The summed E-state index contributed by atoms with van der Waals surface area (Å²) in [7, 11) is 0. The SMILES string of the molecule is CSc1cccc(NC(=O)N2CCSc3ncccc32)c1. The van der Waals surface area contributed by atoms with Gasteiger partial charge in [-0.05, 0) is 36.6 Å². The zero-order chi connectivity index (χ0) is 14.7. The van der Waals surface area contributed by atoms with Crippen molar-refractivity contribution in [2.75, 3.05) is 28.8 Å². The second kappa shape index (κ2) is 6.41. The number of fused-ring (bicyclic) bond motifs is 1. The Morgan fingerprint density at radius 1 is 1.38 bits per heavy atom. The Balaban J connectivity index is 1.80. The molecule has 108 valence electrons. The first kappa shape index (κ1) is 14.3. The van der Waals surface area contributed by atoms with E-state index in [9.17, 15) is 4.79 Å². The van der Waals surface area contributed by atoms with Crippen LogP contribution in [0.2, 0.25) is 0 Å². The van der Waals surface area contributed by atoms with Gasteiger partial charge in [-0.15, -0.1) is 23.5 Å². The first-order valence-corrected chi connectivity index (χ1v) is 8.79. The first-order valence-electron chi connectivity index (χ1n) is 6.58. The molecular formula is C15H15N3OS2. The Bertz CT molecular complexity index is 663. The van der Waals surface area contributed by atoms with Gasteiger partial charge in [0, 0.05) is 29.1 Å². The lowest BCUT2D eigenvalue weighted by Gasteiger charge is -2.28. The maximum Gasteiger partial charge on any atom is 0.326 e. The third-order valence-corrected chi connectivity index (χ3v) is 4.86. The second-order valence-electron chi connectivity index (χ2n) is 4.49. The van der Waals surface area contributed by atoms with Crippen LogP contribution in [0.4, 0.5) is 16.2 Å². The number of hydrogen-bond donors (Lipinski definition) is 1. The molecule has 1 N–H and O–H groups in total. The number of pyridine rings is 1. The Labute approximate surface area is 132 Å². The average Bonchev–Trinajstić information content (AvgIpc) is 2.54. The molecule has 0 bridgehead atoms. The molecule has 0 spiro atoms. The van der Waals surface area contributed by atoms with Crippen molar-refractivity contribution < 1.29 is 4.79 Å². The Hall–Kier alpha value is -1.66. The van der Waals surface area contributed by atoms with Crippen molar-refractivity contribution in [2.45, 2.75) is 9.92 Å². The van der Waals surface area contributed by atoms with Crippen molar-refractivity contribution in [3.8, 4) is 0 Å². The summed E-state index contributed by atoms with van der Waals surface area (Å²) in [6.45, 7) is 0.692. The fraction of sp³-hybridized carbons (Fsp3) is 0.200. The largest absolute Gasteiger partial charge is 0.326 e. The minimum atomic E-state index is -0.109. The molecule has 1 aromatic heterocycles. The fourth-order valence-corrected chi connectivity index (χ4v) is 3.54. The number of nitrogens with zero attached hydrogens (tertiary/aromatic N) is 2. The molecule has 0 radical (unpaired) electrons. The monoisotopic (exact) mass is 317 g/mol. The van der Waals surface area contributed by atoms with Gasteiger partial charge in [0.15, 0.2) is 0 Å². The number of anilines is 2. The Morgan fingerprint density at radius 3 is 3.14 bits per heavy atom. The number of benzene rings is 1. The number of thioether (sulfide) groups is 2. The molecule has 1 aliphatic heterocycles. The predicted octanol–water partition coefficient (Wildman–Crippen LogP) is 3.95. The molecule has 6 heteroatoms. The summed E-state index contributed by atoms with van der Waals surface area (Å²) in [5.74, 6) is 0.863. The summed E-state index contributed by atoms with van der Waals surface area (Å²) < 4.78 is 0. The van der Waals surface area contributed by atoms with E-state index in [1.807, 2.05) is 42.7 Å². The van der Waals surface area contributed by atoms with Crippen molar-refractivity contribution in [3.63, 3.8) is 0 Å². The molecule has 1 aromatic carbocycles. The smallest absolute Gasteiger partial charge is 0.307 e. The van der Waals surface area contributed by atoms with Crippen molar-refractivity contribution in [2.24, 2.45) is 0 Å². The summed E-state index contributed by atoms with van der Waals surface area (Å²) in [5, 5.41) is 3.88. The molecule has 21 heavy (non-hydrogen) atoms. The third kappa shape index (κ3) is 3.16. The highest BCUT2D eigenvalue weighted by atomic mass is 32.2. The molecule has 0 atom stereocenters. The van der Waals surface area contributed by atoms with Crippen LogP contribution < -0.4 is 10.2 Å². The highest BCUT2D eigenvalue weighted by Crippen LogP contribution is 2.32. The molecule has 1 aliphatic rings. The van der Waals surface area contributed by atoms with Crippen LogP contribution in [0.1, 0.15) is 0 Å². The minimum absolute atomic E-state index is 0.109. The van der Waals surface area contributed by atoms with Crippen LogP contribution in [-0.2, 0) is 0 Å². The van der Waals surface area contributed by atoms with Crippen molar-refractivity contribution >= 4 is 40.9 Å². The van der Waals surface area contributed by atoms with E-state index < -0.39 is 0 Å². The number of rotatable bonds is 2. The summed E-state index contributed by atoms with van der Waals surface area (Å²) in [6, 6.07) is 11.5. The molecule has 3 rings (SSSR count). The molecule has 0 unspecified atom stereocenters. The van der Waals surface area contributed by atoms with Crippen LogP contribution in [0.5, 0.6) is 0 Å². The van der Waals surface area contributed by atoms with E-state index >= 15 is 0 Å². The molecule has 2 aromatic rings. The molecule has 0 saturated carbocycles. The fourth-order valence-electron chi connectivity index (χ4n) is 2.16. The van der Waals surface area contributed by atoms with E-state index in [0.717, 1.165) is 27.0 Å². The van der Waals surface area contributed by atoms with E-state index in [1.165, 1.54) is 0 Å². The number of aromatic nitrogens is 1. The normalized spacial score (nSPS) is 13.7. The lowest BCUT2D eigenvalue weighted by Crippen LogP contribution is -2.38. The van der Waals surface area contributed by atoms with Gasteiger partial charge in [0.2, 0.25) is 0 Å². The van der Waals surface area contributed by atoms with Crippen LogP contribution in [0.3, 0.4) is 0 Å². The average molecular weight is 317 g/mol. The van der Waals surface area contributed by atoms with Crippen molar-refractivity contribution in [3.05, 3.63) is 42.6 Å². The van der Waals surface area contributed by atoms with Crippen molar-refractivity contribution in [1.29, 1.82) is 0 Å². The maximum absolute atomic E-state index is 12.5. The van der Waals surface area contributed by atoms with E-state index in [-0.39, 0.29) is 6.03 Å². The van der Waals surface area contributed by atoms with Gasteiger partial charge in [0.25, 0.3) is 0 Å². The zero-order valence-electron chi connectivity index (χ0n) is 11.6. The number of carbonyl (C=O) groups excluding carboxylic acids is 1. The van der Waals surface area contributed by atoms with E-state index in [1.54, 1.807) is 34.6 Å². The standard InChI is InChI=1S/C15H15N3OS2/c1-20-12-5-2-4-11(10-12)17-15(19)18-8-9-21-14-13(18)6-3-7-16-14/h2-7,10H,8-9H2,1H3,(H,17,19). The highest BCUT2D eigenvalue weighted by Gasteiger charge is 2.23. The summed E-state index contributed by atoms with van der Waals surface area (Å²) in [5.41, 5.74) is 1.70.